The number of carbonyl (C=O) groups excluding carboxylic acids is 1. The summed E-state index contributed by atoms with van der Waals surface area (Å²) in [5.41, 5.74) is 0.375. The van der Waals surface area contributed by atoms with Crippen molar-refractivity contribution in [2.75, 3.05) is 6.54 Å². The van der Waals surface area contributed by atoms with Crippen LogP contribution in [0.2, 0.25) is 0 Å². The number of amides is 1. The Labute approximate surface area is 77.6 Å². The fourth-order valence-corrected chi connectivity index (χ4v) is 2.16. The van der Waals surface area contributed by atoms with Crippen LogP contribution in [0.15, 0.2) is 10.5 Å². The van der Waals surface area contributed by atoms with Crippen molar-refractivity contribution in [3.05, 3.63) is 10.5 Å². The van der Waals surface area contributed by atoms with Crippen molar-refractivity contribution in [1.29, 1.82) is 0 Å². The number of hydrogen-bond acceptors (Lipinski definition) is 3. The molecule has 13 heavy (non-hydrogen) atoms. The lowest BCUT2D eigenvalue weighted by Crippen LogP contribution is -2.32. The molecule has 0 saturated heterocycles. The molecule has 0 aromatic heterocycles. The smallest absolute Gasteiger partial charge is 0.324 e. The van der Waals surface area contributed by atoms with Crippen LogP contribution in [0.1, 0.15) is 13.8 Å². The fourth-order valence-electron chi connectivity index (χ4n) is 0.962. The Kier molecular flexibility index (Phi) is 2.51. The Bertz CT molecular complexity index is 309. The van der Waals surface area contributed by atoms with Crippen molar-refractivity contribution >= 4 is 22.9 Å². The number of aliphatic carboxylic acids is 1. The van der Waals surface area contributed by atoms with Gasteiger partial charge in [-0.05, 0) is 13.8 Å². The monoisotopic (exact) mass is 203 g/mol. The Morgan fingerprint density at radius 2 is 2.08 bits per heavy atom. The van der Waals surface area contributed by atoms with Gasteiger partial charge in [0.15, 0.2) is 11.0 Å². The highest BCUT2D eigenvalue weighted by atomic mass is 32.2. The van der Waals surface area contributed by atoms with Gasteiger partial charge in [-0.2, -0.15) is 0 Å². The minimum Gasteiger partial charge on any atom is -0.480 e. The van der Waals surface area contributed by atoms with E-state index in [0.29, 0.717) is 10.5 Å². The van der Waals surface area contributed by atoms with Gasteiger partial charge in [0.2, 0.25) is 0 Å². The molecule has 1 aliphatic rings. The maximum Gasteiger partial charge on any atom is 0.324 e. The zero-order chi connectivity index (χ0) is 10.2. The van der Waals surface area contributed by atoms with Crippen LogP contribution in [0.25, 0.3) is 0 Å². The van der Waals surface area contributed by atoms with Crippen molar-refractivity contribution in [3.8, 4) is 0 Å². The van der Waals surface area contributed by atoms with Crippen molar-refractivity contribution in [1.82, 2.24) is 4.31 Å². The summed E-state index contributed by atoms with van der Waals surface area (Å²) in [5.74, 6) is -1.62. The first-order chi connectivity index (χ1) is 5.95. The second-order valence-electron chi connectivity index (χ2n) is 2.67. The molecule has 1 aliphatic heterocycles. The van der Waals surface area contributed by atoms with Crippen LogP contribution in [-0.4, -0.2) is 32.0 Å². The molecule has 72 valence electrons. The zero-order valence-corrected chi connectivity index (χ0v) is 8.05. The van der Waals surface area contributed by atoms with Gasteiger partial charge in [0.25, 0.3) is 5.91 Å². The summed E-state index contributed by atoms with van der Waals surface area (Å²) in [4.78, 5) is 22.0. The van der Waals surface area contributed by atoms with Crippen molar-refractivity contribution in [2.24, 2.45) is 0 Å². The van der Waals surface area contributed by atoms with E-state index in [9.17, 15) is 13.8 Å². The van der Waals surface area contributed by atoms with Gasteiger partial charge in [-0.1, -0.05) is 0 Å². The molecule has 0 saturated carbocycles. The number of carboxylic acid groups (broad SMARTS) is 1. The minimum atomic E-state index is -1.60. The maximum absolute atomic E-state index is 11.4. The second kappa shape index (κ2) is 3.29. The van der Waals surface area contributed by atoms with Crippen molar-refractivity contribution in [2.45, 2.75) is 13.8 Å². The highest BCUT2D eigenvalue weighted by Gasteiger charge is 2.33. The lowest BCUT2D eigenvalue weighted by atomic mass is 10.3. The van der Waals surface area contributed by atoms with E-state index in [0.717, 1.165) is 4.31 Å². The van der Waals surface area contributed by atoms with Gasteiger partial charge in [0, 0.05) is 10.5 Å². The molecule has 0 aromatic carbocycles. The number of hydrogen-bond donors (Lipinski definition) is 1. The Balaban J connectivity index is 2.91. The van der Waals surface area contributed by atoms with Crippen LogP contribution in [0.3, 0.4) is 0 Å². The van der Waals surface area contributed by atoms with Crippen LogP contribution < -0.4 is 0 Å². The van der Waals surface area contributed by atoms with E-state index < -0.39 is 29.4 Å². The molecule has 0 aliphatic carbocycles. The molecule has 1 atom stereocenters. The van der Waals surface area contributed by atoms with Gasteiger partial charge in [-0.25, -0.2) is 8.51 Å². The summed E-state index contributed by atoms with van der Waals surface area (Å²) in [7, 11) is -1.60. The summed E-state index contributed by atoms with van der Waals surface area (Å²) in [6.45, 7) is 2.59. The molecule has 0 radical (unpaired) electrons. The molecule has 1 unspecified atom stereocenters. The molecule has 1 heterocycles. The van der Waals surface area contributed by atoms with Gasteiger partial charge in [0.1, 0.15) is 6.54 Å². The van der Waals surface area contributed by atoms with E-state index in [-0.39, 0.29) is 0 Å². The lowest BCUT2D eigenvalue weighted by Gasteiger charge is -2.10. The van der Waals surface area contributed by atoms with E-state index >= 15 is 0 Å². The summed E-state index contributed by atoms with van der Waals surface area (Å²) in [6, 6.07) is 0. The van der Waals surface area contributed by atoms with E-state index in [4.69, 9.17) is 5.11 Å². The van der Waals surface area contributed by atoms with Gasteiger partial charge in [0.05, 0.1) is 0 Å². The molecule has 0 aromatic rings. The van der Waals surface area contributed by atoms with E-state index in [1.165, 1.54) is 6.92 Å². The SMILES string of the molecule is CC1=C(C)S(=O)N(CC(=O)O)C1=O. The molecule has 6 heteroatoms. The molecule has 1 N–H and O–H groups in total. The van der Waals surface area contributed by atoms with Crippen LogP contribution in [0.4, 0.5) is 0 Å². The van der Waals surface area contributed by atoms with Gasteiger partial charge in [-0.15, -0.1) is 0 Å². The Morgan fingerprint density at radius 3 is 2.38 bits per heavy atom. The molecular formula is C7H9NO4S. The molecule has 5 nitrogen and oxygen atoms in total. The predicted molar refractivity (Wildman–Crippen MR) is 45.9 cm³/mol. The van der Waals surface area contributed by atoms with Crippen LogP contribution in [-0.2, 0) is 20.6 Å². The van der Waals surface area contributed by atoms with Crippen LogP contribution in [0, 0.1) is 0 Å². The number of allylic oxidation sites excluding steroid dienone is 1. The van der Waals surface area contributed by atoms with Crippen molar-refractivity contribution < 1.29 is 18.9 Å². The third kappa shape index (κ3) is 1.62. The standard InChI is InChI=1S/C7H9NO4S/c1-4-5(2)13(12)8(7(4)11)3-6(9)10/h3H2,1-2H3,(H,9,10). The van der Waals surface area contributed by atoms with Crippen LogP contribution in [0.5, 0.6) is 0 Å². The van der Waals surface area contributed by atoms with Gasteiger partial charge >= 0.3 is 5.97 Å². The topological polar surface area (TPSA) is 74.7 Å². The highest BCUT2D eigenvalue weighted by Crippen LogP contribution is 2.22. The number of carboxylic acids is 1. The predicted octanol–water partition coefficient (Wildman–Crippen LogP) is -0.129. The number of nitrogens with zero attached hydrogens (tertiary/aromatic N) is 1. The minimum absolute atomic E-state index is 0.375. The summed E-state index contributed by atoms with van der Waals surface area (Å²) in [6.07, 6.45) is 0. The third-order valence-electron chi connectivity index (χ3n) is 1.82. The zero-order valence-electron chi connectivity index (χ0n) is 7.23. The Morgan fingerprint density at radius 1 is 1.54 bits per heavy atom. The van der Waals surface area contributed by atoms with E-state index in [1.54, 1.807) is 6.92 Å². The average Bonchev–Trinajstić information content (AvgIpc) is 2.22. The fraction of sp³-hybridized carbons (Fsp3) is 0.429. The molecule has 0 spiro atoms. The number of carbonyl (C=O) groups is 2. The molecule has 1 amide bonds. The Hall–Kier alpha value is -1.17. The van der Waals surface area contributed by atoms with E-state index in [2.05, 4.69) is 0 Å². The van der Waals surface area contributed by atoms with E-state index in [1.807, 2.05) is 0 Å². The molecular weight excluding hydrogens is 194 g/mol. The van der Waals surface area contributed by atoms with Crippen LogP contribution >= 0.6 is 0 Å². The summed E-state index contributed by atoms with van der Waals surface area (Å²) in [5, 5.41) is 8.44. The van der Waals surface area contributed by atoms with Gasteiger partial charge < -0.3 is 5.11 Å². The second-order valence-corrected chi connectivity index (χ2v) is 4.22. The summed E-state index contributed by atoms with van der Waals surface area (Å²) < 4.78 is 12.2. The first-order valence-electron chi connectivity index (χ1n) is 3.58. The lowest BCUT2D eigenvalue weighted by molar-refractivity contribution is -0.139. The first kappa shape index (κ1) is 9.91. The molecule has 1 rings (SSSR count). The molecule has 0 fully saturated rings. The van der Waals surface area contributed by atoms with Crippen molar-refractivity contribution in [3.63, 3.8) is 0 Å². The highest BCUT2D eigenvalue weighted by molar-refractivity contribution is 7.87. The quantitative estimate of drug-likeness (QED) is 0.678. The normalized spacial score (nSPS) is 22.8. The maximum atomic E-state index is 11.4. The average molecular weight is 203 g/mol. The third-order valence-corrected chi connectivity index (χ3v) is 3.34. The largest absolute Gasteiger partial charge is 0.480 e. The number of rotatable bonds is 2. The first-order valence-corrected chi connectivity index (χ1v) is 4.69. The molecule has 0 bridgehead atoms. The van der Waals surface area contributed by atoms with Gasteiger partial charge in [-0.3, -0.25) is 9.59 Å². The summed E-state index contributed by atoms with van der Waals surface area (Å²) >= 11 is 0.